The molecule has 0 atom stereocenters. The highest BCUT2D eigenvalue weighted by Crippen LogP contribution is 2.62. The molecule has 7 heteroatoms. The molecular formula is C21H24N6O. The number of anilines is 1. The number of hydrogen-bond acceptors (Lipinski definition) is 6. The standard InChI is InChI=1S/C21H24N6O/c1-28-19-3-2-17(23-12-16(11-22)20-24-26-27-25-20)7-18(19)21-8-13-4-14(9-21)6-15(5-13)10-21/h2-3,7,12-15,23H,4-6,8-10H2,1H3,(H,24,25,26,27). The van der Waals surface area contributed by atoms with E-state index in [1.165, 1.54) is 44.1 Å². The van der Waals surface area contributed by atoms with Crippen LogP contribution in [0, 0.1) is 29.1 Å². The number of benzene rings is 1. The number of H-pyrrole nitrogens is 1. The molecule has 4 fully saturated rings. The molecule has 0 spiro atoms. The van der Waals surface area contributed by atoms with Crippen LogP contribution in [-0.4, -0.2) is 27.7 Å². The van der Waals surface area contributed by atoms with Crippen molar-refractivity contribution in [2.24, 2.45) is 17.8 Å². The molecule has 4 saturated carbocycles. The number of allylic oxidation sites excluding steroid dienone is 1. The summed E-state index contributed by atoms with van der Waals surface area (Å²) in [5.41, 5.74) is 2.85. The van der Waals surface area contributed by atoms with Crippen LogP contribution in [0.2, 0.25) is 0 Å². The van der Waals surface area contributed by atoms with Crippen LogP contribution in [0.1, 0.15) is 49.9 Å². The van der Waals surface area contributed by atoms with E-state index in [2.05, 4.69) is 38.1 Å². The van der Waals surface area contributed by atoms with Gasteiger partial charge in [0.25, 0.3) is 0 Å². The zero-order valence-corrected chi connectivity index (χ0v) is 16.0. The first-order valence-electron chi connectivity index (χ1n) is 9.98. The van der Waals surface area contributed by atoms with E-state index in [0.717, 1.165) is 29.2 Å². The van der Waals surface area contributed by atoms with Gasteiger partial charge in [-0.2, -0.15) is 10.5 Å². The average Bonchev–Trinajstić information content (AvgIpc) is 3.22. The van der Waals surface area contributed by atoms with E-state index in [1.54, 1.807) is 13.3 Å². The molecule has 1 aromatic carbocycles. The van der Waals surface area contributed by atoms with Crippen LogP contribution in [0.15, 0.2) is 24.4 Å². The fourth-order valence-electron chi connectivity index (χ4n) is 6.23. The van der Waals surface area contributed by atoms with Crippen LogP contribution in [0.5, 0.6) is 5.75 Å². The molecule has 144 valence electrons. The first-order chi connectivity index (χ1) is 13.7. The number of aromatic amines is 1. The SMILES string of the molecule is COc1ccc(NC=C(C#N)c2nn[nH]n2)cc1C12CC3CC(CC(C3)C1)C2. The van der Waals surface area contributed by atoms with Crippen molar-refractivity contribution in [2.75, 3.05) is 12.4 Å². The zero-order chi connectivity index (χ0) is 19.1. The largest absolute Gasteiger partial charge is 0.496 e. The molecule has 0 saturated heterocycles. The van der Waals surface area contributed by atoms with Crippen molar-refractivity contribution in [3.63, 3.8) is 0 Å². The van der Waals surface area contributed by atoms with Gasteiger partial charge in [0.15, 0.2) is 0 Å². The van der Waals surface area contributed by atoms with Gasteiger partial charge in [0.1, 0.15) is 17.4 Å². The average molecular weight is 376 g/mol. The molecule has 7 nitrogen and oxygen atoms in total. The normalized spacial score (nSPS) is 30.9. The molecule has 4 aliphatic rings. The van der Waals surface area contributed by atoms with Crippen molar-refractivity contribution in [3.05, 3.63) is 35.8 Å². The Morgan fingerprint density at radius 3 is 2.54 bits per heavy atom. The summed E-state index contributed by atoms with van der Waals surface area (Å²) in [7, 11) is 1.76. The van der Waals surface area contributed by atoms with E-state index in [0.29, 0.717) is 5.57 Å². The molecule has 0 aliphatic heterocycles. The highest BCUT2D eigenvalue weighted by molar-refractivity contribution is 5.74. The van der Waals surface area contributed by atoms with E-state index in [1.807, 2.05) is 12.1 Å². The summed E-state index contributed by atoms with van der Waals surface area (Å²) < 4.78 is 5.77. The Morgan fingerprint density at radius 2 is 1.96 bits per heavy atom. The number of hydrogen-bond donors (Lipinski definition) is 2. The number of methoxy groups -OCH3 is 1. The van der Waals surface area contributed by atoms with Gasteiger partial charge in [0.2, 0.25) is 5.82 Å². The number of ether oxygens (including phenoxy) is 1. The number of aromatic nitrogens is 4. The minimum absolute atomic E-state index is 0.243. The summed E-state index contributed by atoms with van der Waals surface area (Å²) >= 11 is 0. The van der Waals surface area contributed by atoms with E-state index in [9.17, 15) is 5.26 Å². The van der Waals surface area contributed by atoms with E-state index < -0.39 is 0 Å². The Morgan fingerprint density at radius 1 is 1.25 bits per heavy atom. The lowest BCUT2D eigenvalue weighted by Gasteiger charge is -2.57. The van der Waals surface area contributed by atoms with Crippen molar-refractivity contribution in [1.82, 2.24) is 20.6 Å². The Bertz CT molecular complexity index is 907. The van der Waals surface area contributed by atoms with Crippen molar-refractivity contribution >= 4 is 11.3 Å². The predicted molar refractivity (Wildman–Crippen MR) is 104 cm³/mol. The first kappa shape index (κ1) is 17.2. The van der Waals surface area contributed by atoms with Gasteiger partial charge in [0, 0.05) is 17.5 Å². The van der Waals surface area contributed by atoms with Crippen molar-refractivity contribution in [1.29, 1.82) is 5.26 Å². The Hall–Kier alpha value is -2.88. The molecule has 6 rings (SSSR count). The van der Waals surface area contributed by atoms with E-state index in [4.69, 9.17) is 4.74 Å². The lowest BCUT2D eigenvalue weighted by atomic mass is 9.48. The van der Waals surface area contributed by atoms with Gasteiger partial charge in [-0.25, -0.2) is 0 Å². The summed E-state index contributed by atoms with van der Waals surface area (Å²) in [4.78, 5) is 0. The second kappa shape index (κ2) is 6.62. The highest BCUT2D eigenvalue weighted by Gasteiger charge is 2.52. The molecule has 1 aromatic heterocycles. The summed E-state index contributed by atoms with van der Waals surface area (Å²) in [6.07, 6.45) is 9.72. The summed E-state index contributed by atoms with van der Waals surface area (Å²) in [6, 6.07) is 8.36. The predicted octanol–water partition coefficient (Wildman–Crippen LogP) is 3.65. The van der Waals surface area contributed by atoms with Crippen LogP contribution in [0.3, 0.4) is 0 Å². The van der Waals surface area contributed by atoms with Gasteiger partial charge in [-0.3, -0.25) is 0 Å². The van der Waals surface area contributed by atoms with Crippen LogP contribution in [-0.2, 0) is 5.41 Å². The molecule has 0 radical (unpaired) electrons. The zero-order valence-electron chi connectivity index (χ0n) is 16.0. The molecule has 2 aromatic rings. The van der Waals surface area contributed by atoms with Gasteiger partial charge in [-0.15, -0.1) is 10.2 Å². The maximum Gasteiger partial charge on any atom is 0.216 e. The minimum Gasteiger partial charge on any atom is -0.496 e. The van der Waals surface area contributed by atoms with Crippen molar-refractivity contribution in [2.45, 2.75) is 43.9 Å². The lowest BCUT2D eigenvalue weighted by Crippen LogP contribution is -2.48. The highest BCUT2D eigenvalue weighted by atomic mass is 16.5. The number of nitrogens with one attached hydrogen (secondary N) is 2. The maximum atomic E-state index is 9.37. The van der Waals surface area contributed by atoms with E-state index >= 15 is 0 Å². The number of rotatable bonds is 5. The Labute approximate surface area is 164 Å². The van der Waals surface area contributed by atoms with Crippen LogP contribution < -0.4 is 10.1 Å². The van der Waals surface area contributed by atoms with Gasteiger partial charge < -0.3 is 10.1 Å². The smallest absolute Gasteiger partial charge is 0.216 e. The monoisotopic (exact) mass is 376 g/mol. The molecular weight excluding hydrogens is 352 g/mol. The Kier molecular flexibility index (Phi) is 4.08. The minimum atomic E-state index is 0.243. The third-order valence-electron chi connectivity index (χ3n) is 6.90. The van der Waals surface area contributed by atoms with Crippen LogP contribution in [0.25, 0.3) is 5.57 Å². The topological polar surface area (TPSA) is 99.5 Å². The van der Waals surface area contributed by atoms with Crippen molar-refractivity contribution < 1.29 is 4.74 Å². The van der Waals surface area contributed by atoms with Gasteiger partial charge in [-0.05, 0) is 85.1 Å². The fourth-order valence-corrected chi connectivity index (χ4v) is 6.23. The second-order valence-corrected chi connectivity index (χ2v) is 8.66. The third-order valence-corrected chi connectivity index (χ3v) is 6.90. The van der Waals surface area contributed by atoms with Crippen LogP contribution >= 0.6 is 0 Å². The molecule has 28 heavy (non-hydrogen) atoms. The second-order valence-electron chi connectivity index (χ2n) is 8.66. The molecule has 2 N–H and O–H groups in total. The first-order valence-corrected chi connectivity index (χ1v) is 9.98. The van der Waals surface area contributed by atoms with E-state index in [-0.39, 0.29) is 11.2 Å². The van der Waals surface area contributed by atoms with Crippen LogP contribution in [0.4, 0.5) is 5.69 Å². The van der Waals surface area contributed by atoms with Crippen molar-refractivity contribution in [3.8, 4) is 11.8 Å². The molecule has 4 bridgehead atoms. The Balaban J connectivity index is 1.47. The quantitative estimate of drug-likeness (QED) is 0.773. The molecule has 0 unspecified atom stereocenters. The maximum absolute atomic E-state index is 9.37. The fraction of sp³-hybridized carbons (Fsp3) is 0.524. The molecule has 0 amide bonds. The number of nitrogens with zero attached hydrogens (tertiary/aromatic N) is 4. The summed E-state index contributed by atoms with van der Waals surface area (Å²) in [5, 5.41) is 26.3. The summed E-state index contributed by atoms with van der Waals surface area (Å²) in [6.45, 7) is 0. The van der Waals surface area contributed by atoms with Gasteiger partial charge in [-0.1, -0.05) is 0 Å². The number of tetrazole rings is 1. The van der Waals surface area contributed by atoms with Gasteiger partial charge in [0.05, 0.1) is 7.11 Å². The number of nitriles is 1. The molecule has 1 heterocycles. The van der Waals surface area contributed by atoms with Gasteiger partial charge >= 0.3 is 0 Å². The molecule has 4 aliphatic carbocycles. The lowest BCUT2D eigenvalue weighted by molar-refractivity contribution is -0.00612. The summed E-state index contributed by atoms with van der Waals surface area (Å²) in [5.74, 6) is 3.88. The third kappa shape index (κ3) is 2.84.